The van der Waals surface area contributed by atoms with Crippen molar-refractivity contribution in [1.82, 2.24) is 10.2 Å². The number of aromatic nitrogens is 2. The molecule has 3 rings (SSSR count). The van der Waals surface area contributed by atoms with E-state index >= 15 is 0 Å². The minimum atomic E-state index is -0.525. The van der Waals surface area contributed by atoms with Gasteiger partial charge in [0, 0.05) is 6.42 Å². The molecule has 0 aliphatic heterocycles. The maximum atomic E-state index is 12.5. The van der Waals surface area contributed by atoms with Crippen LogP contribution in [-0.4, -0.2) is 29.3 Å². The molecular weight excluding hydrogens is 436 g/mol. The fraction of sp³-hybridized carbons (Fsp3) is 0.280. The van der Waals surface area contributed by atoms with E-state index in [4.69, 9.17) is 9.47 Å². The molecule has 7 nitrogen and oxygen atoms in total. The van der Waals surface area contributed by atoms with E-state index in [1.165, 1.54) is 23.0 Å². The quantitative estimate of drug-likeness (QED) is 0.257. The average Bonchev–Trinajstić information content (AvgIpc) is 3.22. The molecule has 0 fully saturated rings. The third-order valence-corrected chi connectivity index (χ3v) is 5.31. The van der Waals surface area contributed by atoms with Gasteiger partial charge in [0.05, 0.1) is 0 Å². The van der Waals surface area contributed by atoms with Crippen LogP contribution in [0.4, 0.5) is 5.13 Å². The summed E-state index contributed by atoms with van der Waals surface area (Å²) in [4.78, 5) is 12.5. The minimum absolute atomic E-state index is 0.0320. The van der Waals surface area contributed by atoms with Crippen LogP contribution in [0.25, 0.3) is 6.08 Å². The molecule has 8 heteroatoms. The number of hydrogen-bond acceptors (Lipinski definition) is 7. The van der Waals surface area contributed by atoms with Gasteiger partial charge < -0.3 is 9.47 Å². The highest BCUT2D eigenvalue weighted by molar-refractivity contribution is 7.15. The highest BCUT2D eigenvalue weighted by Crippen LogP contribution is 2.20. The van der Waals surface area contributed by atoms with Crippen LogP contribution >= 0.6 is 11.3 Å². The summed E-state index contributed by atoms with van der Waals surface area (Å²) in [6.07, 6.45) is 2.30. The highest BCUT2D eigenvalue weighted by atomic mass is 32.1. The summed E-state index contributed by atoms with van der Waals surface area (Å²) in [5.74, 6) is 1.33. The number of nitrogens with one attached hydrogen (secondary N) is 1. The minimum Gasteiger partial charge on any atom is -0.490 e. The van der Waals surface area contributed by atoms with Gasteiger partial charge in [-0.15, -0.1) is 10.2 Å². The van der Waals surface area contributed by atoms with Crippen molar-refractivity contribution in [1.29, 1.82) is 5.26 Å². The van der Waals surface area contributed by atoms with Crippen LogP contribution in [0, 0.1) is 24.2 Å². The third kappa shape index (κ3) is 7.74. The number of hydrogen-bond donors (Lipinski definition) is 1. The first-order valence-corrected chi connectivity index (χ1v) is 11.4. The zero-order chi connectivity index (χ0) is 23.6. The van der Waals surface area contributed by atoms with E-state index in [0.29, 0.717) is 35.6 Å². The summed E-state index contributed by atoms with van der Waals surface area (Å²) in [5, 5.41) is 21.4. The number of carbonyl (C=O) groups excluding carboxylic acids is 1. The number of amides is 1. The number of nitrogens with zero attached hydrogens (tertiary/aromatic N) is 3. The van der Waals surface area contributed by atoms with E-state index in [9.17, 15) is 10.1 Å². The molecule has 0 aliphatic rings. The topological polar surface area (TPSA) is 97.1 Å². The number of nitriles is 1. The van der Waals surface area contributed by atoms with E-state index in [1.54, 1.807) is 18.2 Å². The highest BCUT2D eigenvalue weighted by Gasteiger charge is 2.13. The number of rotatable bonds is 10. The zero-order valence-electron chi connectivity index (χ0n) is 18.9. The summed E-state index contributed by atoms with van der Waals surface area (Å²) in [6, 6.07) is 16.9. The first-order chi connectivity index (χ1) is 15.9. The molecule has 0 spiro atoms. The molecule has 0 atom stereocenters. The van der Waals surface area contributed by atoms with Crippen molar-refractivity contribution in [2.24, 2.45) is 5.92 Å². The Morgan fingerprint density at radius 3 is 2.55 bits per heavy atom. The van der Waals surface area contributed by atoms with Crippen LogP contribution in [0.5, 0.6) is 11.5 Å². The molecule has 0 bridgehead atoms. The monoisotopic (exact) mass is 462 g/mol. The predicted molar refractivity (Wildman–Crippen MR) is 129 cm³/mol. The van der Waals surface area contributed by atoms with Gasteiger partial charge in [-0.1, -0.05) is 55.0 Å². The Labute approximate surface area is 197 Å². The summed E-state index contributed by atoms with van der Waals surface area (Å²) < 4.78 is 11.4. The molecule has 0 unspecified atom stereocenters. The van der Waals surface area contributed by atoms with Crippen molar-refractivity contribution in [2.75, 3.05) is 18.5 Å². The van der Waals surface area contributed by atoms with Crippen molar-refractivity contribution in [3.8, 4) is 17.6 Å². The SMILES string of the molecule is Cc1ccc(OCCOc2cccc(/C=C(/C#N)C(=O)Nc3nnc(CC(C)C)s3)c2)cc1. The maximum absolute atomic E-state index is 12.5. The number of carbonyl (C=O) groups is 1. The number of benzene rings is 2. The summed E-state index contributed by atoms with van der Waals surface area (Å²) in [7, 11) is 0. The lowest BCUT2D eigenvalue weighted by Crippen LogP contribution is -2.13. The second-order valence-electron chi connectivity index (χ2n) is 7.81. The van der Waals surface area contributed by atoms with E-state index in [-0.39, 0.29) is 5.57 Å². The Kier molecular flexibility index (Phi) is 8.56. The second kappa shape index (κ2) is 11.8. The molecule has 0 radical (unpaired) electrons. The molecular formula is C25H26N4O3S. The molecule has 1 N–H and O–H groups in total. The Morgan fingerprint density at radius 2 is 1.85 bits per heavy atom. The largest absolute Gasteiger partial charge is 0.490 e. The van der Waals surface area contributed by atoms with E-state index in [1.807, 2.05) is 43.3 Å². The van der Waals surface area contributed by atoms with Gasteiger partial charge in [-0.05, 0) is 48.7 Å². The first-order valence-electron chi connectivity index (χ1n) is 10.6. The van der Waals surface area contributed by atoms with Gasteiger partial charge in [0.25, 0.3) is 5.91 Å². The fourth-order valence-electron chi connectivity index (χ4n) is 2.86. The Hall–Kier alpha value is -3.70. The van der Waals surface area contributed by atoms with Gasteiger partial charge in [-0.25, -0.2) is 0 Å². The Bertz CT molecular complexity index is 1150. The van der Waals surface area contributed by atoms with Crippen molar-refractivity contribution in [3.05, 3.63) is 70.2 Å². The lowest BCUT2D eigenvalue weighted by atomic mass is 10.1. The van der Waals surface area contributed by atoms with Crippen molar-refractivity contribution >= 4 is 28.5 Å². The van der Waals surface area contributed by atoms with Gasteiger partial charge in [-0.2, -0.15) is 5.26 Å². The normalized spacial score (nSPS) is 11.2. The molecule has 0 saturated heterocycles. The molecule has 3 aromatic rings. The van der Waals surface area contributed by atoms with Crippen molar-refractivity contribution in [3.63, 3.8) is 0 Å². The van der Waals surface area contributed by atoms with Crippen LogP contribution in [-0.2, 0) is 11.2 Å². The lowest BCUT2D eigenvalue weighted by molar-refractivity contribution is -0.112. The van der Waals surface area contributed by atoms with E-state index in [2.05, 4.69) is 29.4 Å². The Balaban J connectivity index is 1.56. The van der Waals surface area contributed by atoms with Crippen LogP contribution in [0.15, 0.2) is 54.1 Å². The van der Waals surface area contributed by atoms with Gasteiger partial charge in [0.1, 0.15) is 41.4 Å². The average molecular weight is 463 g/mol. The van der Waals surface area contributed by atoms with Gasteiger partial charge in [0.15, 0.2) is 0 Å². The maximum Gasteiger partial charge on any atom is 0.268 e. The number of ether oxygens (including phenoxy) is 2. The molecule has 33 heavy (non-hydrogen) atoms. The van der Waals surface area contributed by atoms with Crippen molar-refractivity contribution in [2.45, 2.75) is 27.2 Å². The predicted octanol–water partition coefficient (Wildman–Crippen LogP) is 5.05. The molecule has 1 heterocycles. The van der Waals surface area contributed by atoms with Crippen LogP contribution in [0.2, 0.25) is 0 Å². The standard InChI is InChI=1S/C25H26N4O3S/c1-17(2)13-23-28-29-25(33-23)27-24(30)20(16-26)14-19-5-4-6-22(15-19)32-12-11-31-21-9-7-18(3)8-10-21/h4-10,14-15,17H,11-13H2,1-3H3,(H,27,29,30)/b20-14-. The van der Waals surface area contributed by atoms with Crippen LogP contribution in [0.3, 0.4) is 0 Å². The summed E-state index contributed by atoms with van der Waals surface area (Å²) in [6.45, 7) is 6.96. The molecule has 1 aromatic heterocycles. The molecule has 170 valence electrons. The zero-order valence-corrected chi connectivity index (χ0v) is 19.7. The fourth-order valence-corrected chi connectivity index (χ4v) is 3.81. The molecule has 1 amide bonds. The van der Waals surface area contributed by atoms with Gasteiger partial charge in [0.2, 0.25) is 5.13 Å². The number of aryl methyl sites for hydroxylation is 1. The lowest BCUT2D eigenvalue weighted by Gasteiger charge is -2.09. The Morgan fingerprint density at radius 1 is 1.12 bits per heavy atom. The van der Waals surface area contributed by atoms with Crippen LogP contribution < -0.4 is 14.8 Å². The molecule has 0 aliphatic carbocycles. The van der Waals surface area contributed by atoms with Crippen molar-refractivity contribution < 1.29 is 14.3 Å². The van der Waals surface area contributed by atoms with E-state index < -0.39 is 5.91 Å². The summed E-state index contributed by atoms with van der Waals surface area (Å²) >= 11 is 1.31. The molecule has 0 saturated carbocycles. The molecule has 2 aromatic carbocycles. The van der Waals surface area contributed by atoms with Gasteiger partial charge >= 0.3 is 0 Å². The first kappa shape index (κ1) is 24.0. The third-order valence-electron chi connectivity index (χ3n) is 4.45. The van der Waals surface area contributed by atoms with Crippen LogP contribution in [0.1, 0.15) is 30.0 Å². The smallest absolute Gasteiger partial charge is 0.268 e. The van der Waals surface area contributed by atoms with Gasteiger partial charge in [-0.3, -0.25) is 10.1 Å². The second-order valence-corrected chi connectivity index (χ2v) is 8.87. The number of anilines is 1. The van der Waals surface area contributed by atoms with E-state index in [0.717, 1.165) is 17.2 Å². The summed E-state index contributed by atoms with van der Waals surface area (Å²) in [5.41, 5.74) is 1.82.